The Bertz CT molecular complexity index is 878. The average molecular weight is 385 g/mol. The van der Waals surface area contributed by atoms with Crippen LogP contribution in [-0.2, 0) is 9.53 Å². The Morgan fingerprint density at radius 2 is 1.96 bits per heavy atom. The van der Waals surface area contributed by atoms with Crippen LogP contribution < -0.4 is 15.0 Å². The lowest BCUT2D eigenvalue weighted by molar-refractivity contribution is -0.384. The van der Waals surface area contributed by atoms with Crippen molar-refractivity contribution in [3.63, 3.8) is 0 Å². The summed E-state index contributed by atoms with van der Waals surface area (Å²) in [5.74, 6) is 0.253. The third-order valence-electron chi connectivity index (χ3n) is 4.50. The molecule has 0 spiro atoms. The van der Waals surface area contributed by atoms with Crippen LogP contribution in [0, 0.1) is 24.0 Å². The highest BCUT2D eigenvalue weighted by atomic mass is 16.6. The van der Waals surface area contributed by atoms with Gasteiger partial charge in [0.25, 0.3) is 11.6 Å². The monoisotopic (exact) mass is 385 g/mol. The van der Waals surface area contributed by atoms with E-state index >= 15 is 0 Å². The second-order valence-electron chi connectivity index (χ2n) is 6.67. The molecule has 0 saturated carbocycles. The van der Waals surface area contributed by atoms with Gasteiger partial charge in [-0.2, -0.15) is 0 Å². The molecule has 0 aromatic heterocycles. The first-order valence-corrected chi connectivity index (χ1v) is 9.05. The van der Waals surface area contributed by atoms with Crippen LogP contribution in [0.15, 0.2) is 36.4 Å². The van der Waals surface area contributed by atoms with Crippen molar-refractivity contribution in [3.8, 4) is 5.75 Å². The molecule has 0 radical (unpaired) electrons. The first kappa shape index (κ1) is 19.6. The van der Waals surface area contributed by atoms with E-state index in [9.17, 15) is 14.9 Å². The molecule has 1 N–H and O–H groups in total. The second kappa shape index (κ2) is 8.71. The molecule has 2 aromatic rings. The fraction of sp³-hybridized carbons (Fsp3) is 0.350. The van der Waals surface area contributed by atoms with E-state index < -0.39 is 4.92 Å². The number of ether oxygens (including phenoxy) is 2. The summed E-state index contributed by atoms with van der Waals surface area (Å²) in [5, 5.41) is 14.1. The third-order valence-corrected chi connectivity index (χ3v) is 4.50. The summed E-state index contributed by atoms with van der Waals surface area (Å²) in [6.07, 6.45) is 0. The number of benzene rings is 2. The maximum atomic E-state index is 12.2. The number of anilines is 2. The average Bonchev–Trinajstić information content (AvgIpc) is 2.68. The summed E-state index contributed by atoms with van der Waals surface area (Å²) in [6.45, 7) is 5.97. The number of hydrogen-bond acceptors (Lipinski definition) is 6. The van der Waals surface area contributed by atoms with Crippen LogP contribution >= 0.6 is 0 Å². The maximum absolute atomic E-state index is 12.2. The van der Waals surface area contributed by atoms with Crippen molar-refractivity contribution in [2.75, 3.05) is 43.1 Å². The van der Waals surface area contributed by atoms with Crippen molar-refractivity contribution in [3.05, 3.63) is 57.6 Å². The van der Waals surface area contributed by atoms with Crippen LogP contribution in [0.3, 0.4) is 0 Å². The zero-order chi connectivity index (χ0) is 20.1. The number of carbonyl (C=O) groups excluding carboxylic acids is 1. The largest absolute Gasteiger partial charge is 0.483 e. The zero-order valence-corrected chi connectivity index (χ0v) is 15.9. The van der Waals surface area contributed by atoms with Gasteiger partial charge in [-0.1, -0.05) is 17.7 Å². The molecule has 1 amide bonds. The normalized spacial score (nSPS) is 13.9. The second-order valence-corrected chi connectivity index (χ2v) is 6.67. The third kappa shape index (κ3) is 4.77. The van der Waals surface area contributed by atoms with Crippen LogP contribution in [-0.4, -0.2) is 43.7 Å². The molecule has 0 bridgehead atoms. The lowest BCUT2D eigenvalue weighted by atomic mass is 10.1. The molecule has 2 aromatic carbocycles. The first-order chi connectivity index (χ1) is 13.4. The molecular formula is C20H23N3O5. The topological polar surface area (TPSA) is 93.9 Å². The van der Waals surface area contributed by atoms with E-state index in [1.165, 1.54) is 6.07 Å². The van der Waals surface area contributed by atoms with Gasteiger partial charge in [0.05, 0.1) is 18.1 Å². The number of nitrogens with one attached hydrogen (secondary N) is 1. The minimum absolute atomic E-state index is 0.0463. The van der Waals surface area contributed by atoms with Gasteiger partial charge in [-0.3, -0.25) is 14.9 Å². The minimum Gasteiger partial charge on any atom is -0.483 e. The van der Waals surface area contributed by atoms with E-state index in [-0.39, 0.29) is 18.2 Å². The van der Waals surface area contributed by atoms with Crippen molar-refractivity contribution in [2.24, 2.45) is 0 Å². The number of nitrogens with zero attached hydrogens (tertiary/aromatic N) is 2. The molecule has 0 unspecified atom stereocenters. The summed E-state index contributed by atoms with van der Waals surface area (Å²) in [5.41, 5.74) is 2.89. The lowest BCUT2D eigenvalue weighted by Crippen LogP contribution is -2.36. The number of carbonyl (C=O) groups is 1. The Balaban J connectivity index is 1.66. The standard InChI is InChI=1S/C20H23N3O5/c1-14-3-6-19(15(2)11-14)28-13-20(24)21-16-4-5-17(18(12-16)23(25)26)22-7-9-27-10-8-22/h3-6,11-12H,7-10,13H2,1-2H3,(H,21,24). The number of nitro benzene ring substituents is 1. The number of amides is 1. The van der Waals surface area contributed by atoms with Gasteiger partial charge in [0.2, 0.25) is 0 Å². The Hall–Kier alpha value is -3.13. The molecule has 148 valence electrons. The van der Waals surface area contributed by atoms with Gasteiger partial charge in [-0.15, -0.1) is 0 Å². The van der Waals surface area contributed by atoms with Gasteiger partial charge in [0, 0.05) is 24.8 Å². The number of hydrogen-bond donors (Lipinski definition) is 1. The lowest BCUT2D eigenvalue weighted by Gasteiger charge is -2.28. The fourth-order valence-electron chi connectivity index (χ4n) is 3.12. The van der Waals surface area contributed by atoms with Gasteiger partial charge in [0.15, 0.2) is 6.61 Å². The molecule has 28 heavy (non-hydrogen) atoms. The van der Waals surface area contributed by atoms with E-state index in [1.54, 1.807) is 12.1 Å². The minimum atomic E-state index is -0.438. The van der Waals surface area contributed by atoms with Gasteiger partial charge in [-0.25, -0.2) is 0 Å². The van der Waals surface area contributed by atoms with Gasteiger partial charge >= 0.3 is 0 Å². The molecule has 1 aliphatic heterocycles. The number of morpholine rings is 1. The van der Waals surface area contributed by atoms with Crippen LogP contribution in [0.2, 0.25) is 0 Å². The Labute approximate surface area is 163 Å². The molecule has 3 rings (SSSR count). The molecule has 1 aliphatic rings. The highest BCUT2D eigenvalue weighted by Crippen LogP contribution is 2.31. The van der Waals surface area contributed by atoms with E-state index in [4.69, 9.17) is 9.47 Å². The number of aryl methyl sites for hydroxylation is 2. The molecule has 8 heteroatoms. The van der Waals surface area contributed by atoms with Crippen LogP contribution in [0.4, 0.5) is 17.1 Å². The van der Waals surface area contributed by atoms with E-state index in [2.05, 4.69) is 5.32 Å². The summed E-state index contributed by atoms with van der Waals surface area (Å²) in [6, 6.07) is 10.4. The molecule has 0 atom stereocenters. The molecule has 0 aliphatic carbocycles. The maximum Gasteiger partial charge on any atom is 0.294 e. The smallest absolute Gasteiger partial charge is 0.294 e. The SMILES string of the molecule is Cc1ccc(OCC(=O)Nc2ccc(N3CCOCC3)c([N+](=O)[O-])c2)c(C)c1. The number of rotatable bonds is 6. The van der Waals surface area contributed by atoms with Crippen molar-refractivity contribution >= 4 is 23.0 Å². The van der Waals surface area contributed by atoms with E-state index in [0.29, 0.717) is 43.4 Å². The van der Waals surface area contributed by atoms with Crippen LogP contribution in [0.1, 0.15) is 11.1 Å². The van der Waals surface area contributed by atoms with Crippen molar-refractivity contribution in [1.82, 2.24) is 0 Å². The van der Waals surface area contributed by atoms with Gasteiger partial charge in [0.1, 0.15) is 11.4 Å². The highest BCUT2D eigenvalue weighted by Gasteiger charge is 2.22. The van der Waals surface area contributed by atoms with Crippen LogP contribution in [0.5, 0.6) is 5.75 Å². The van der Waals surface area contributed by atoms with Crippen LogP contribution in [0.25, 0.3) is 0 Å². The molecule has 1 fully saturated rings. The molecule has 1 saturated heterocycles. The van der Waals surface area contributed by atoms with Gasteiger partial charge < -0.3 is 19.7 Å². The summed E-state index contributed by atoms with van der Waals surface area (Å²) in [7, 11) is 0. The Morgan fingerprint density at radius 3 is 2.64 bits per heavy atom. The fourth-order valence-corrected chi connectivity index (χ4v) is 3.12. The van der Waals surface area contributed by atoms with Crippen molar-refractivity contribution < 1.29 is 19.2 Å². The van der Waals surface area contributed by atoms with Crippen molar-refractivity contribution in [2.45, 2.75) is 13.8 Å². The predicted octanol–water partition coefficient (Wildman–Crippen LogP) is 3.07. The Kier molecular flexibility index (Phi) is 6.10. The number of nitro groups is 1. The first-order valence-electron chi connectivity index (χ1n) is 9.05. The van der Waals surface area contributed by atoms with E-state index in [1.807, 2.05) is 36.9 Å². The summed E-state index contributed by atoms with van der Waals surface area (Å²) in [4.78, 5) is 25.2. The molecule has 1 heterocycles. The Morgan fingerprint density at radius 1 is 1.21 bits per heavy atom. The summed E-state index contributed by atoms with van der Waals surface area (Å²) >= 11 is 0. The zero-order valence-electron chi connectivity index (χ0n) is 15.9. The van der Waals surface area contributed by atoms with Gasteiger partial charge in [-0.05, 0) is 37.6 Å². The van der Waals surface area contributed by atoms with E-state index in [0.717, 1.165) is 11.1 Å². The predicted molar refractivity (Wildman–Crippen MR) is 106 cm³/mol. The summed E-state index contributed by atoms with van der Waals surface area (Å²) < 4.78 is 10.8. The molecular weight excluding hydrogens is 362 g/mol. The quantitative estimate of drug-likeness (QED) is 0.607. The highest BCUT2D eigenvalue weighted by molar-refractivity contribution is 5.92. The molecule has 8 nitrogen and oxygen atoms in total. The van der Waals surface area contributed by atoms with Crippen molar-refractivity contribution in [1.29, 1.82) is 0 Å².